The van der Waals surface area contributed by atoms with Crippen molar-refractivity contribution in [1.82, 2.24) is 5.32 Å². The summed E-state index contributed by atoms with van der Waals surface area (Å²) in [6.45, 7) is 5.52. The van der Waals surface area contributed by atoms with Crippen molar-refractivity contribution in [3.63, 3.8) is 0 Å². The van der Waals surface area contributed by atoms with Gasteiger partial charge >= 0.3 is 0 Å². The Hall–Kier alpha value is -1.31. The van der Waals surface area contributed by atoms with Crippen molar-refractivity contribution in [2.75, 3.05) is 6.54 Å². The minimum absolute atomic E-state index is 0.379. The van der Waals surface area contributed by atoms with Gasteiger partial charge in [0.1, 0.15) is 0 Å². The van der Waals surface area contributed by atoms with E-state index in [1.165, 1.54) is 67.5 Å². The molecule has 0 aromatic heterocycles. The van der Waals surface area contributed by atoms with Crippen LogP contribution >= 0.6 is 0 Å². The maximum Gasteiger partial charge on any atom is 0.0970 e. The molecule has 1 saturated carbocycles. The zero-order valence-electron chi connectivity index (χ0n) is 14.2. The zero-order valence-corrected chi connectivity index (χ0v) is 14.2. The molecule has 0 spiro atoms. The smallest absolute Gasteiger partial charge is 0.0970 e. The average molecular weight is 298 g/mol. The van der Waals surface area contributed by atoms with Crippen LogP contribution in [0, 0.1) is 19.8 Å². The van der Waals surface area contributed by atoms with Gasteiger partial charge in [0.15, 0.2) is 0 Å². The van der Waals surface area contributed by atoms with Crippen molar-refractivity contribution in [1.29, 1.82) is 0 Å². The van der Waals surface area contributed by atoms with Crippen LogP contribution < -0.4 is 5.32 Å². The standard InChI is InChI=1S/C20H30N2/c1-15-9-12-18(16(2)14-15)20(17-10-11-17)22-19-8-6-4-3-5-7-13-21-19/h9,12,14,17,20H,3-8,10-11,13H2,1-2H3,(H,21,22). The minimum Gasteiger partial charge on any atom is -0.374 e. The fraction of sp³-hybridized carbons (Fsp3) is 0.650. The van der Waals surface area contributed by atoms with Gasteiger partial charge in [-0.25, -0.2) is 0 Å². The maximum atomic E-state index is 5.21. The Morgan fingerprint density at radius 3 is 2.59 bits per heavy atom. The van der Waals surface area contributed by atoms with Crippen molar-refractivity contribution in [2.24, 2.45) is 10.9 Å². The number of aryl methyl sites for hydroxylation is 2. The molecule has 1 heterocycles. The molecule has 1 N–H and O–H groups in total. The normalized spacial score (nSPS) is 23.3. The molecule has 0 bridgehead atoms. The second-order valence-corrected chi connectivity index (χ2v) is 7.16. The van der Waals surface area contributed by atoms with Crippen molar-refractivity contribution >= 4 is 5.84 Å². The van der Waals surface area contributed by atoms with E-state index in [1.54, 1.807) is 0 Å². The van der Waals surface area contributed by atoms with Crippen molar-refractivity contribution < 1.29 is 0 Å². The summed E-state index contributed by atoms with van der Waals surface area (Å²) in [7, 11) is 0. The van der Waals surface area contributed by atoms with Crippen LogP contribution in [0.5, 0.6) is 0 Å². The van der Waals surface area contributed by atoms with E-state index >= 15 is 0 Å². The average Bonchev–Trinajstić information content (AvgIpc) is 3.30. The van der Waals surface area contributed by atoms with E-state index in [9.17, 15) is 0 Å². The van der Waals surface area contributed by atoms with Crippen LogP contribution in [0.4, 0.5) is 0 Å². The number of nitrogens with zero attached hydrogens (tertiary/aromatic N) is 1. The van der Waals surface area contributed by atoms with Gasteiger partial charge in [0.2, 0.25) is 0 Å². The van der Waals surface area contributed by atoms with Crippen LogP contribution in [-0.4, -0.2) is 12.4 Å². The van der Waals surface area contributed by atoms with Crippen LogP contribution in [0.3, 0.4) is 0 Å². The SMILES string of the molecule is Cc1ccc(C(N=C2CCCCCCCN2)C2CC2)c(C)c1. The van der Waals surface area contributed by atoms with Gasteiger partial charge in [0, 0.05) is 13.0 Å². The number of amidine groups is 1. The maximum absolute atomic E-state index is 5.21. The lowest BCUT2D eigenvalue weighted by molar-refractivity contribution is 0.622. The second-order valence-electron chi connectivity index (χ2n) is 7.16. The molecule has 22 heavy (non-hydrogen) atoms. The molecular weight excluding hydrogens is 268 g/mol. The molecule has 120 valence electrons. The van der Waals surface area contributed by atoms with E-state index in [2.05, 4.69) is 37.4 Å². The first-order chi connectivity index (χ1) is 10.7. The molecule has 1 atom stereocenters. The summed E-state index contributed by atoms with van der Waals surface area (Å²) in [5.74, 6) is 2.03. The van der Waals surface area contributed by atoms with Gasteiger partial charge in [-0.05, 0) is 56.6 Å². The molecule has 0 amide bonds. The Labute approximate surface area is 135 Å². The van der Waals surface area contributed by atoms with Crippen molar-refractivity contribution in [3.05, 3.63) is 34.9 Å². The second kappa shape index (κ2) is 7.30. The molecule has 1 aromatic rings. The number of hydrogen-bond donors (Lipinski definition) is 1. The Balaban J connectivity index is 1.82. The third-order valence-corrected chi connectivity index (χ3v) is 5.03. The fourth-order valence-corrected chi connectivity index (χ4v) is 3.55. The van der Waals surface area contributed by atoms with E-state index in [-0.39, 0.29) is 0 Å². The predicted molar refractivity (Wildman–Crippen MR) is 94.5 cm³/mol. The monoisotopic (exact) mass is 298 g/mol. The first-order valence-electron chi connectivity index (χ1n) is 9.12. The Kier molecular flexibility index (Phi) is 5.17. The molecule has 1 aromatic carbocycles. The molecule has 2 fully saturated rings. The summed E-state index contributed by atoms with van der Waals surface area (Å²) in [5.41, 5.74) is 4.20. The molecule has 0 radical (unpaired) electrons. The number of nitrogens with one attached hydrogen (secondary N) is 1. The topological polar surface area (TPSA) is 24.4 Å². The van der Waals surface area contributed by atoms with Gasteiger partial charge in [-0.3, -0.25) is 4.99 Å². The van der Waals surface area contributed by atoms with Gasteiger partial charge in [-0.2, -0.15) is 0 Å². The number of rotatable bonds is 3. The first-order valence-corrected chi connectivity index (χ1v) is 9.12. The molecule has 1 saturated heterocycles. The van der Waals surface area contributed by atoms with E-state index in [0.717, 1.165) is 18.9 Å². The molecule has 1 aliphatic heterocycles. The van der Waals surface area contributed by atoms with Gasteiger partial charge in [0.05, 0.1) is 11.9 Å². The molecule has 1 aliphatic carbocycles. The lowest BCUT2D eigenvalue weighted by Crippen LogP contribution is -2.25. The lowest BCUT2D eigenvalue weighted by Gasteiger charge is -2.18. The molecular formula is C20H30N2. The van der Waals surface area contributed by atoms with Gasteiger partial charge < -0.3 is 5.32 Å². The van der Waals surface area contributed by atoms with E-state index in [0.29, 0.717) is 6.04 Å². The molecule has 3 rings (SSSR count). The highest BCUT2D eigenvalue weighted by Gasteiger charge is 2.33. The summed E-state index contributed by atoms with van der Waals surface area (Å²) in [4.78, 5) is 5.21. The van der Waals surface area contributed by atoms with E-state index in [1.807, 2.05) is 0 Å². The molecule has 2 heteroatoms. The van der Waals surface area contributed by atoms with Gasteiger partial charge in [0.25, 0.3) is 0 Å². The summed E-state index contributed by atoms with van der Waals surface area (Å²) in [6.07, 6.45) is 10.5. The number of benzene rings is 1. The summed E-state index contributed by atoms with van der Waals surface area (Å²) in [5, 5.41) is 3.63. The van der Waals surface area contributed by atoms with E-state index < -0.39 is 0 Å². The van der Waals surface area contributed by atoms with Gasteiger partial charge in [-0.15, -0.1) is 0 Å². The fourth-order valence-electron chi connectivity index (χ4n) is 3.55. The molecule has 1 unspecified atom stereocenters. The highest BCUT2D eigenvalue weighted by Crippen LogP contribution is 2.44. The molecule has 2 aliphatic rings. The lowest BCUT2D eigenvalue weighted by atomic mass is 9.96. The zero-order chi connectivity index (χ0) is 15.4. The Morgan fingerprint density at radius 1 is 1.05 bits per heavy atom. The van der Waals surface area contributed by atoms with Crippen LogP contribution in [0.25, 0.3) is 0 Å². The van der Waals surface area contributed by atoms with Crippen LogP contribution in [0.15, 0.2) is 23.2 Å². The summed E-state index contributed by atoms with van der Waals surface area (Å²) >= 11 is 0. The quantitative estimate of drug-likeness (QED) is 0.825. The number of hydrogen-bond acceptors (Lipinski definition) is 1. The van der Waals surface area contributed by atoms with Crippen LogP contribution in [0.2, 0.25) is 0 Å². The minimum atomic E-state index is 0.379. The van der Waals surface area contributed by atoms with Crippen molar-refractivity contribution in [3.8, 4) is 0 Å². The largest absolute Gasteiger partial charge is 0.374 e. The Bertz CT molecular complexity index is 517. The third-order valence-electron chi connectivity index (χ3n) is 5.03. The van der Waals surface area contributed by atoms with Gasteiger partial charge in [-0.1, -0.05) is 43.0 Å². The number of aliphatic imine (C=N–C) groups is 1. The summed E-state index contributed by atoms with van der Waals surface area (Å²) < 4.78 is 0. The highest BCUT2D eigenvalue weighted by atomic mass is 15.0. The van der Waals surface area contributed by atoms with Crippen LogP contribution in [-0.2, 0) is 0 Å². The first kappa shape index (κ1) is 15.6. The highest BCUT2D eigenvalue weighted by molar-refractivity contribution is 5.82. The van der Waals surface area contributed by atoms with E-state index in [4.69, 9.17) is 4.99 Å². The summed E-state index contributed by atoms with van der Waals surface area (Å²) in [6, 6.07) is 7.24. The molecule has 2 nitrogen and oxygen atoms in total. The Morgan fingerprint density at radius 2 is 1.82 bits per heavy atom. The van der Waals surface area contributed by atoms with Crippen molar-refractivity contribution in [2.45, 2.75) is 71.3 Å². The van der Waals surface area contributed by atoms with Crippen LogP contribution in [0.1, 0.15) is 74.1 Å². The third kappa shape index (κ3) is 4.12. The predicted octanol–water partition coefficient (Wildman–Crippen LogP) is 5.10.